The average Bonchev–Trinajstić information content (AvgIpc) is 2.77. The number of benzene rings is 1. The molecule has 2 amide bonds. The number of rotatable bonds is 5. The van der Waals surface area contributed by atoms with Crippen LogP contribution in [0.1, 0.15) is 11.3 Å². The highest BCUT2D eigenvalue weighted by Crippen LogP contribution is 2.17. The van der Waals surface area contributed by atoms with Gasteiger partial charge in [0, 0.05) is 19.8 Å². The second-order valence-electron chi connectivity index (χ2n) is 4.74. The van der Waals surface area contributed by atoms with Gasteiger partial charge < -0.3 is 15.4 Å². The Bertz CT molecular complexity index is 622. The molecule has 2 rings (SSSR count). The molecule has 1 heterocycles. The van der Waals surface area contributed by atoms with E-state index in [1.807, 2.05) is 38.2 Å². The van der Waals surface area contributed by atoms with E-state index in [0.717, 1.165) is 17.0 Å². The molecule has 0 spiro atoms. The van der Waals surface area contributed by atoms with Gasteiger partial charge in [0.2, 0.25) is 0 Å². The van der Waals surface area contributed by atoms with Gasteiger partial charge in [0.15, 0.2) is 0 Å². The molecule has 0 aliphatic carbocycles. The molecule has 1 aromatic carbocycles. The SMILES string of the molecule is COc1ccccc1CCNC(=O)Nc1cn(C)nc1C. The van der Waals surface area contributed by atoms with Crippen molar-refractivity contribution in [3.05, 3.63) is 41.7 Å². The van der Waals surface area contributed by atoms with E-state index in [0.29, 0.717) is 18.7 Å². The van der Waals surface area contributed by atoms with E-state index in [1.54, 1.807) is 18.0 Å². The van der Waals surface area contributed by atoms with Crippen LogP contribution >= 0.6 is 0 Å². The van der Waals surface area contributed by atoms with Crippen LogP contribution in [0.3, 0.4) is 0 Å². The third kappa shape index (κ3) is 3.98. The molecule has 0 fully saturated rings. The minimum atomic E-state index is -0.235. The van der Waals surface area contributed by atoms with E-state index in [1.165, 1.54) is 0 Å². The number of nitrogens with zero attached hydrogens (tertiary/aromatic N) is 2. The molecule has 0 aliphatic rings. The van der Waals surface area contributed by atoms with Crippen molar-refractivity contribution >= 4 is 11.7 Å². The first kappa shape index (κ1) is 14.9. The van der Waals surface area contributed by atoms with Gasteiger partial charge in [-0.05, 0) is 25.0 Å². The topological polar surface area (TPSA) is 68.2 Å². The van der Waals surface area contributed by atoms with Crippen LogP contribution in [0.25, 0.3) is 0 Å². The van der Waals surface area contributed by atoms with Gasteiger partial charge >= 0.3 is 6.03 Å². The highest BCUT2D eigenvalue weighted by Gasteiger charge is 2.07. The molecular weight excluding hydrogens is 268 g/mol. The number of aromatic nitrogens is 2. The number of aryl methyl sites for hydroxylation is 2. The number of amides is 2. The molecule has 0 aliphatic heterocycles. The lowest BCUT2D eigenvalue weighted by Crippen LogP contribution is -2.30. The molecular formula is C15H20N4O2. The molecule has 6 heteroatoms. The fourth-order valence-electron chi connectivity index (χ4n) is 2.11. The first-order valence-electron chi connectivity index (χ1n) is 6.77. The van der Waals surface area contributed by atoms with E-state index < -0.39 is 0 Å². The highest BCUT2D eigenvalue weighted by molar-refractivity contribution is 5.89. The molecule has 0 saturated heterocycles. The summed E-state index contributed by atoms with van der Waals surface area (Å²) in [7, 11) is 3.46. The molecule has 21 heavy (non-hydrogen) atoms. The van der Waals surface area contributed by atoms with E-state index >= 15 is 0 Å². The summed E-state index contributed by atoms with van der Waals surface area (Å²) < 4.78 is 6.94. The summed E-state index contributed by atoms with van der Waals surface area (Å²) in [5, 5.41) is 9.78. The standard InChI is InChI=1S/C15H20N4O2/c1-11-13(10-19(2)18-11)17-15(20)16-9-8-12-6-4-5-7-14(12)21-3/h4-7,10H,8-9H2,1-3H3,(H2,16,17,20). The van der Waals surface area contributed by atoms with Crippen molar-refractivity contribution in [3.63, 3.8) is 0 Å². The summed E-state index contributed by atoms with van der Waals surface area (Å²) in [4.78, 5) is 11.8. The predicted octanol–water partition coefficient (Wildman–Crippen LogP) is 2.10. The van der Waals surface area contributed by atoms with Crippen molar-refractivity contribution in [1.82, 2.24) is 15.1 Å². The largest absolute Gasteiger partial charge is 0.496 e. The number of ether oxygens (including phenoxy) is 1. The Hall–Kier alpha value is -2.50. The fourth-order valence-corrected chi connectivity index (χ4v) is 2.11. The number of para-hydroxylation sites is 1. The number of nitrogens with one attached hydrogen (secondary N) is 2. The normalized spacial score (nSPS) is 10.2. The van der Waals surface area contributed by atoms with Crippen LogP contribution in [0.4, 0.5) is 10.5 Å². The summed E-state index contributed by atoms with van der Waals surface area (Å²) in [6.45, 7) is 2.38. The smallest absolute Gasteiger partial charge is 0.319 e. The number of anilines is 1. The van der Waals surface area contributed by atoms with Crippen LogP contribution < -0.4 is 15.4 Å². The van der Waals surface area contributed by atoms with E-state index in [9.17, 15) is 4.79 Å². The number of carbonyl (C=O) groups is 1. The van der Waals surface area contributed by atoms with Crippen molar-refractivity contribution in [3.8, 4) is 5.75 Å². The molecule has 0 bridgehead atoms. The minimum absolute atomic E-state index is 0.235. The third-order valence-corrected chi connectivity index (χ3v) is 3.13. The lowest BCUT2D eigenvalue weighted by Gasteiger charge is -2.09. The minimum Gasteiger partial charge on any atom is -0.496 e. The van der Waals surface area contributed by atoms with Crippen LogP contribution in [0.2, 0.25) is 0 Å². The van der Waals surface area contributed by atoms with Crippen LogP contribution in [0.15, 0.2) is 30.5 Å². The maximum Gasteiger partial charge on any atom is 0.319 e. The monoisotopic (exact) mass is 288 g/mol. The maximum atomic E-state index is 11.8. The van der Waals surface area contributed by atoms with E-state index in [2.05, 4.69) is 15.7 Å². The van der Waals surface area contributed by atoms with Gasteiger partial charge in [-0.2, -0.15) is 5.10 Å². The van der Waals surface area contributed by atoms with Gasteiger partial charge in [-0.3, -0.25) is 4.68 Å². The first-order chi connectivity index (χ1) is 10.1. The van der Waals surface area contributed by atoms with Crippen LogP contribution in [0, 0.1) is 6.92 Å². The zero-order chi connectivity index (χ0) is 15.2. The van der Waals surface area contributed by atoms with Crippen LogP contribution in [0.5, 0.6) is 5.75 Å². The molecule has 0 saturated carbocycles. The number of methoxy groups -OCH3 is 1. The van der Waals surface area contributed by atoms with Crippen molar-refractivity contribution in [2.75, 3.05) is 19.0 Å². The van der Waals surface area contributed by atoms with Gasteiger partial charge in [-0.1, -0.05) is 18.2 Å². The van der Waals surface area contributed by atoms with Gasteiger partial charge in [0.05, 0.1) is 18.5 Å². The molecule has 2 N–H and O–H groups in total. The van der Waals surface area contributed by atoms with Crippen molar-refractivity contribution < 1.29 is 9.53 Å². The fraction of sp³-hybridized carbons (Fsp3) is 0.333. The highest BCUT2D eigenvalue weighted by atomic mass is 16.5. The molecule has 112 valence electrons. The number of hydrogen-bond acceptors (Lipinski definition) is 3. The molecule has 1 aromatic heterocycles. The Balaban J connectivity index is 1.83. The average molecular weight is 288 g/mol. The molecule has 0 unspecified atom stereocenters. The quantitative estimate of drug-likeness (QED) is 0.885. The summed E-state index contributed by atoms with van der Waals surface area (Å²) in [5.74, 6) is 0.836. The Morgan fingerprint density at radius 3 is 2.81 bits per heavy atom. The van der Waals surface area contributed by atoms with Crippen molar-refractivity contribution in [2.45, 2.75) is 13.3 Å². The summed E-state index contributed by atoms with van der Waals surface area (Å²) >= 11 is 0. The van der Waals surface area contributed by atoms with E-state index in [-0.39, 0.29) is 6.03 Å². The lowest BCUT2D eigenvalue weighted by molar-refractivity contribution is 0.252. The van der Waals surface area contributed by atoms with Crippen LogP contribution in [-0.2, 0) is 13.5 Å². The van der Waals surface area contributed by atoms with Gasteiger partial charge in [0.1, 0.15) is 5.75 Å². The zero-order valence-corrected chi connectivity index (χ0v) is 12.5. The van der Waals surface area contributed by atoms with Crippen molar-refractivity contribution in [1.29, 1.82) is 0 Å². The second-order valence-corrected chi connectivity index (χ2v) is 4.74. The van der Waals surface area contributed by atoms with Crippen molar-refractivity contribution in [2.24, 2.45) is 7.05 Å². The molecule has 2 aromatic rings. The predicted molar refractivity (Wildman–Crippen MR) is 81.7 cm³/mol. The Morgan fingerprint density at radius 2 is 2.14 bits per heavy atom. The van der Waals surface area contributed by atoms with Gasteiger partial charge in [-0.15, -0.1) is 0 Å². The Morgan fingerprint density at radius 1 is 1.38 bits per heavy atom. The molecule has 6 nitrogen and oxygen atoms in total. The lowest BCUT2D eigenvalue weighted by atomic mass is 10.1. The van der Waals surface area contributed by atoms with Gasteiger partial charge in [-0.25, -0.2) is 4.79 Å². The summed E-state index contributed by atoms with van der Waals surface area (Å²) in [5.41, 5.74) is 2.57. The van der Waals surface area contributed by atoms with Crippen LogP contribution in [-0.4, -0.2) is 29.5 Å². The Labute approximate surface area is 124 Å². The molecule has 0 radical (unpaired) electrons. The first-order valence-corrected chi connectivity index (χ1v) is 6.77. The van der Waals surface area contributed by atoms with Gasteiger partial charge in [0.25, 0.3) is 0 Å². The summed E-state index contributed by atoms with van der Waals surface area (Å²) in [6, 6.07) is 7.55. The number of hydrogen-bond donors (Lipinski definition) is 2. The maximum absolute atomic E-state index is 11.8. The number of urea groups is 1. The van der Waals surface area contributed by atoms with E-state index in [4.69, 9.17) is 4.74 Å². The molecule has 0 atom stereocenters. The number of carbonyl (C=O) groups excluding carboxylic acids is 1. The summed E-state index contributed by atoms with van der Waals surface area (Å²) in [6.07, 6.45) is 2.48. The third-order valence-electron chi connectivity index (χ3n) is 3.13. The second kappa shape index (κ2) is 6.78. The Kier molecular flexibility index (Phi) is 4.81. The zero-order valence-electron chi connectivity index (χ0n) is 12.5.